The molecule has 78 valence electrons. The molecule has 1 aliphatic carbocycles. The zero-order chi connectivity index (χ0) is 9.42. The molecule has 2 N–H and O–H groups in total. The summed E-state index contributed by atoms with van der Waals surface area (Å²) in [6, 6.07) is 5.91. The van der Waals surface area contributed by atoms with Crippen LogP contribution in [0.2, 0.25) is 10.0 Å². The molecule has 0 aliphatic heterocycles. The van der Waals surface area contributed by atoms with E-state index >= 15 is 0 Å². The minimum absolute atomic E-state index is 0. The van der Waals surface area contributed by atoms with E-state index in [-0.39, 0.29) is 18.4 Å². The second kappa shape index (κ2) is 4.71. The van der Waals surface area contributed by atoms with E-state index < -0.39 is 0 Å². The summed E-state index contributed by atoms with van der Waals surface area (Å²) in [5.41, 5.74) is 7.01. The predicted octanol–water partition coefficient (Wildman–Crippen LogP) is 3.62. The molecule has 0 heterocycles. The van der Waals surface area contributed by atoms with Crippen molar-refractivity contribution in [3.63, 3.8) is 0 Å². The first-order chi connectivity index (χ1) is 6.18. The van der Waals surface area contributed by atoms with E-state index in [0.29, 0.717) is 10.9 Å². The summed E-state index contributed by atoms with van der Waals surface area (Å²) in [5.74, 6) is 0.435. The molecule has 0 saturated heterocycles. The van der Waals surface area contributed by atoms with Crippen molar-refractivity contribution < 1.29 is 0 Å². The normalized spacial score (nSPS) is 25.1. The van der Waals surface area contributed by atoms with Crippen LogP contribution >= 0.6 is 35.6 Å². The molecule has 4 heteroatoms. The molecule has 0 radical (unpaired) electrons. The Labute approximate surface area is 100.0 Å². The van der Waals surface area contributed by atoms with Gasteiger partial charge in [-0.25, -0.2) is 0 Å². The van der Waals surface area contributed by atoms with Gasteiger partial charge in [0.2, 0.25) is 0 Å². The van der Waals surface area contributed by atoms with Gasteiger partial charge in [0, 0.05) is 22.0 Å². The highest BCUT2D eigenvalue weighted by Crippen LogP contribution is 2.39. The van der Waals surface area contributed by atoms with Crippen molar-refractivity contribution in [3.8, 4) is 0 Å². The zero-order valence-corrected chi connectivity index (χ0v) is 9.87. The first kappa shape index (κ1) is 12.1. The Kier molecular flexibility index (Phi) is 4.08. The van der Waals surface area contributed by atoms with Gasteiger partial charge in [-0.15, -0.1) is 12.4 Å². The number of halogens is 3. The maximum Gasteiger partial charge on any atom is 0.0456 e. The molecule has 1 aromatic carbocycles. The molecule has 1 aromatic rings. The molecule has 2 atom stereocenters. The fourth-order valence-electron chi connectivity index (χ4n) is 1.71. The van der Waals surface area contributed by atoms with E-state index in [9.17, 15) is 0 Å². The Balaban J connectivity index is 0.000000980. The molecule has 1 fully saturated rings. The van der Waals surface area contributed by atoms with Gasteiger partial charge >= 0.3 is 0 Å². The van der Waals surface area contributed by atoms with Crippen LogP contribution in [0, 0.1) is 0 Å². The van der Waals surface area contributed by atoms with Gasteiger partial charge in [0.15, 0.2) is 0 Å². The quantitative estimate of drug-likeness (QED) is 0.812. The van der Waals surface area contributed by atoms with Crippen LogP contribution in [0.3, 0.4) is 0 Å². The van der Waals surface area contributed by atoms with Gasteiger partial charge < -0.3 is 5.73 Å². The van der Waals surface area contributed by atoms with Crippen LogP contribution in [0.4, 0.5) is 0 Å². The van der Waals surface area contributed by atoms with E-state index in [4.69, 9.17) is 28.9 Å². The van der Waals surface area contributed by atoms with E-state index in [0.717, 1.165) is 23.4 Å². The summed E-state index contributed by atoms with van der Waals surface area (Å²) in [6.45, 7) is 0. The fraction of sp³-hybridized carbons (Fsp3) is 0.400. The summed E-state index contributed by atoms with van der Waals surface area (Å²) < 4.78 is 0. The number of hydrogen-bond donors (Lipinski definition) is 1. The lowest BCUT2D eigenvalue weighted by Gasteiger charge is -2.34. The molecule has 1 saturated carbocycles. The third-order valence-corrected chi connectivity index (χ3v) is 3.25. The first-order valence-corrected chi connectivity index (χ1v) is 5.14. The van der Waals surface area contributed by atoms with Crippen LogP contribution < -0.4 is 5.73 Å². The molecule has 0 unspecified atom stereocenters. The topological polar surface area (TPSA) is 26.0 Å². The van der Waals surface area contributed by atoms with E-state index in [1.165, 1.54) is 0 Å². The largest absolute Gasteiger partial charge is 0.327 e. The highest BCUT2D eigenvalue weighted by molar-refractivity contribution is 6.35. The summed E-state index contributed by atoms with van der Waals surface area (Å²) in [7, 11) is 0. The van der Waals surface area contributed by atoms with Crippen molar-refractivity contribution in [2.45, 2.75) is 24.8 Å². The van der Waals surface area contributed by atoms with Crippen molar-refractivity contribution >= 4 is 35.6 Å². The third kappa shape index (κ3) is 2.17. The standard InChI is InChI=1S/C10H11Cl2N.ClH/c11-6-1-2-7(9(12)5-6)8-3-4-10(8)13;/h1-2,5,8,10H,3-4,13H2;1H/t8-,10-;/m1./s1. The molecule has 1 nitrogen and oxygen atoms in total. The Bertz CT molecular complexity index is 327. The molecule has 0 bridgehead atoms. The molecule has 1 aliphatic rings. The van der Waals surface area contributed by atoms with Crippen molar-refractivity contribution in [2.24, 2.45) is 5.73 Å². The molecular formula is C10H12Cl3N. The maximum absolute atomic E-state index is 6.06. The second-order valence-electron chi connectivity index (χ2n) is 3.51. The third-order valence-electron chi connectivity index (χ3n) is 2.69. The van der Waals surface area contributed by atoms with Gasteiger partial charge in [-0.1, -0.05) is 29.3 Å². The van der Waals surface area contributed by atoms with Crippen LogP contribution in [0.25, 0.3) is 0 Å². The summed E-state index contributed by atoms with van der Waals surface area (Å²) in [4.78, 5) is 0. The highest BCUT2D eigenvalue weighted by atomic mass is 35.5. The minimum Gasteiger partial charge on any atom is -0.327 e. The van der Waals surface area contributed by atoms with E-state index in [1.807, 2.05) is 12.1 Å². The van der Waals surface area contributed by atoms with Gasteiger partial charge in [-0.2, -0.15) is 0 Å². The maximum atomic E-state index is 6.06. The lowest BCUT2D eigenvalue weighted by molar-refractivity contribution is 0.347. The Morgan fingerprint density at radius 1 is 1.21 bits per heavy atom. The Hall–Kier alpha value is 0.0500. The average molecular weight is 253 g/mol. The highest BCUT2D eigenvalue weighted by Gasteiger charge is 2.30. The lowest BCUT2D eigenvalue weighted by atomic mass is 9.76. The van der Waals surface area contributed by atoms with Crippen LogP contribution in [0.1, 0.15) is 24.3 Å². The Morgan fingerprint density at radius 3 is 2.36 bits per heavy atom. The van der Waals surface area contributed by atoms with Crippen LogP contribution in [-0.2, 0) is 0 Å². The van der Waals surface area contributed by atoms with Gasteiger partial charge in [0.05, 0.1) is 0 Å². The number of benzene rings is 1. The van der Waals surface area contributed by atoms with Gasteiger partial charge in [-0.05, 0) is 30.5 Å². The van der Waals surface area contributed by atoms with Crippen LogP contribution in [-0.4, -0.2) is 6.04 Å². The monoisotopic (exact) mass is 251 g/mol. The van der Waals surface area contributed by atoms with E-state index in [1.54, 1.807) is 6.07 Å². The lowest BCUT2D eigenvalue weighted by Crippen LogP contribution is -2.37. The second-order valence-corrected chi connectivity index (χ2v) is 4.36. The van der Waals surface area contributed by atoms with Crippen molar-refractivity contribution in [3.05, 3.63) is 33.8 Å². The zero-order valence-electron chi connectivity index (χ0n) is 7.54. The van der Waals surface area contributed by atoms with Gasteiger partial charge in [0.1, 0.15) is 0 Å². The molecule has 2 rings (SSSR count). The molecule has 14 heavy (non-hydrogen) atoms. The molecule has 0 spiro atoms. The van der Waals surface area contributed by atoms with Gasteiger partial charge in [0.25, 0.3) is 0 Å². The average Bonchev–Trinajstić information content (AvgIpc) is 2.07. The summed E-state index contributed by atoms with van der Waals surface area (Å²) in [6.07, 6.45) is 2.24. The van der Waals surface area contributed by atoms with Crippen LogP contribution in [0.5, 0.6) is 0 Å². The summed E-state index contributed by atoms with van der Waals surface area (Å²) in [5, 5.41) is 1.43. The molecular weight excluding hydrogens is 240 g/mol. The SMILES string of the molecule is Cl.N[C@@H]1CC[C@@H]1c1ccc(Cl)cc1Cl. The van der Waals surface area contributed by atoms with Crippen molar-refractivity contribution in [1.82, 2.24) is 0 Å². The predicted molar refractivity (Wildman–Crippen MR) is 63.7 cm³/mol. The van der Waals surface area contributed by atoms with Crippen molar-refractivity contribution in [1.29, 1.82) is 0 Å². The van der Waals surface area contributed by atoms with Crippen molar-refractivity contribution in [2.75, 3.05) is 0 Å². The fourth-order valence-corrected chi connectivity index (χ4v) is 2.26. The van der Waals surface area contributed by atoms with Gasteiger partial charge in [-0.3, -0.25) is 0 Å². The minimum atomic E-state index is 0. The Morgan fingerprint density at radius 2 is 1.93 bits per heavy atom. The molecule has 0 amide bonds. The molecule has 0 aromatic heterocycles. The number of hydrogen-bond acceptors (Lipinski definition) is 1. The first-order valence-electron chi connectivity index (χ1n) is 4.39. The summed E-state index contributed by atoms with van der Waals surface area (Å²) >= 11 is 11.9. The number of nitrogens with two attached hydrogens (primary N) is 1. The van der Waals surface area contributed by atoms with Crippen LogP contribution in [0.15, 0.2) is 18.2 Å². The number of rotatable bonds is 1. The smallest absolute Gasteiger partial charge is 0.0456 e. The van der Waals surface area contributed by atoms with E-state index in [2.05, 4.69) is 0 Å².